The number of aromatic nitrogens is 2. The van der Waals surface area contributed by atoms with E-state index in [0.717, 1.165) is 28.8 Å². The molecule has 2 aromatic carbocycles. The quantitative estimate of drug-likeness (QED) is 0.720. The van der Waals surface area contributed by atoms with E-state index in [1.807, 2.05) is 49.4 Å². The molecule has 5 nitrogen and oxygen atoms in total. The van der Waals surface area contributed by atoms with Crippen LogP contribution in [0.2, 0.25) is 0 Å². The maximum Gasteiger partial charge on any atom is 0.136 e. The van der Waals surface area contributed by atoms with Crippen molar-refractivity contribution in [2.45, 2.75) is 13.8 Å². The molecule has 0 aliphatic rings. The zero-order valence-corrected chi connectivity index (χ0v) is 14.0. The van der Waals surface area contributed by atoms with Crippen LogP contribution in [0.5, 0.6) is 5.75 Å². The summed E-state index contributed by atoms with van der Waals surface area (Å²) in [4.78, 5) is 8.88. The van der Waals surface area contributed by atoms with Gasteiger partial charge in [-0.2, -0.15) is 0 Å². The second kappa shape index (κ2) is 7.00. The van der Waals surface area contributed by atoms with Crippen molar-refractivity contribution >= 4 is 23.0 Å². The van der Waals surface area contributed by atoms with Crippen molar-refractivity contribution in [2.75, 3.05) is 17.7 Å². The highest BCUT2D eigenvalue weighted by Crippen LogP contribution is 2.23. The fourth-order valence-electron chi connectivity index (χ4n) is 2.33. The molecule has 0 aliphatic carbocycles. The van der Waals surface area contributed by atoms with Crippen molar-refractivity contribution in [3.63, 3.8) is 0 Å². The number of hydrogen-bond acceptors (Lipinski definition) is 5. The normalized spacial score (nSPS) is 10.3. The number of rotatable bonds is 5. The minimum Gasteiger partial charge on any atom is -0.497 e. The zero-order chi connectivity index (χ0) is 16.9. The molecule has 0 spiro atoms. The maximum absolute atomic E-state index is 5.24. The maximum atomic E-state index is 5.24. The molecule has 5 heteroatoms. The number of benzene rings is 2. The first-order chi connectivity index (χ1) is 11.6. The summed E-state index contributed by atoms with van der Waals surface area (Å²) in [6, 6.07) is 17.8. The van der Waals surface area contributed by atoms with Crippen LogP contribution in [-0.4, -0.2) is 17.1 Å². The summed E-state index contributed by atoms with van der Waals surface area (Å²) in [5, 5.41) is 6.59. The zero-order valence-electron chi connectivity index (χ0n) is 14.0. The van der Waals surface area contributed by atoms with Crippen LogP contribution in [0.15, 0.2) is 54.6 Å². The van der Waals surface area contributed by atoms with Gasteiger partial charge >= 0.3 is 0 Å². The summed E-state index contributed by atoms with van der Waals surface area (Å²) in [6.45, 7) is 3.94. The third-order valence-corrected chi connectivity index (χ3v) is 3.50. The van der Waals surface area contributed by atoms with Crippen molar-refractivity contribution < 1.29 is 4.74 Å². The summed E-state index contributed by atoms with van der Waals surface area (Å²) in [5.41, 5.74) is 3.12. The van der Waals surface area contributed by atoms with E-state index < -0.39 is 0 Å². The molecule has 1 aromatic heterocycles. The van der Waals surface area contributed by atoms with E-state index in [2.05, 4.69) is 39.7 Å². The van der Waals surface area contributed by atoms with Gasteiger partial charge in [0.2, 0.25) is 0 Å². The van der Waals surface area contributed by atoms with Crippen LogP contribution >= 0.6 is 0 Å². The Morgan fingerprint density at radius 2 is 1.46 bits per heavy atom. The first-order valence-corrected chi connectivity index (χ1v) is 7.73. The molecule has 0 atom stereocenters. The van der Waals surface area contributed by atoms with E-state index in [0.29, 0.717) is 5.82 Å². The van der Waals surface area contributed by atoms with E-state index in [4.69, 9.17) is 4.74 Å². The largest absolute Gasteiger partial charge is 0.497 e. The van der Waals surface area contributed by atoms with Crippen LogP contribution in [0.1, 0.15) is 11.4 Å². The monoisotopic (exact) mass is 320 g/mol. The molecule has 3 aromatic rings. The molecule has 0 radical (unpaired) electrons. The Bertz CT molecular complexity index is 831. The van der Waals surface area contributed by atoms with Gasteiger partial charge in [-0.05, 0) is 38.1 Å². The smallest absolute Gasteiger partial charge is 0.136 e. The van der Waals surface area contributed by atoms with Crippen molar-refractivity contribution in [1.29, 1.82) is 0 Å². The minimum absolute atomic E-state index is 0.692. The third kappa shape index (κ3) is 4.01. The second-order valence-electron chi connectivity index (χ2n) is 5.53. The summed E-state index contributed by atoms with van der Waals surface area (Å²) in [7, 11) is 1.65. The Labute approximate surface area is 141 Å². The number of methoxy groups -OCH3 is 1. The molecule has 0 fully saturated rings. The van der Waals surface area contributed by atoms with Gasteiger partial charge in [-0.15, -0.1) is 0 Å². The topological polar surface area (TPSA) is 59.1 Å². The lowest BCUT2D eigenvalue weighted by atomic mass is 10.2. The predicted octanol–water partition coefficient (Wildman–Crippen LogP) is 4.59. The van der Waals surface area contributed by atoms with E-state index in [1.165, 1.54) is 5.56 Å². The highest BCUT2D eigenvalue weighted by atomic mass is 16.5. The number of nitrogens with one attached hydrogen (secondary N) is 2. The van der Waals surface area contributed by atoms with Gasteiger partial charge in [0.05, 0.1) is 7.11 Å². The number of aryl methyl sites for hydroxylation is 2. The molecule has 122 valence electrons. The molecule has 0 amide bonds. The molecule has 2 N–H and O–H groups in total. The molecule has 0 bridgehead atoms. The highest BCUT2D eigenvalue weighted by molar-refractivity contribution is 5.64. The Morgan fingerprint density at radius 3 is 2.12 bits per heavy atom. The molecule has 1 heterocycles. The average molecular weight is 320 g/mol. The van der Waals surface area contributed by atoms with Gasteiger partial charge in [-0.25, -0.2) is 9.97 Å². The van der Waals surface area contributed by atoms with Crippen LogP contribution in [0.4, 0.5) is 23.0 Å². The lowest BCUT2D eigenvalue weighted by Crippen LogP contribution is -2.01. The van der Waals surface area contributed by atoms with Gasteiger partial charge in [0.1, 0.15) is 23.2 Å². The van der Waals surface area contributed by atoms with Crippen LogP contribution in [0, 0.1) is 13.8 Å². The van der Waals surface area contributed by atoms with Crippen LogP contribution in [-0.2, 0) is 0 Å². The van der Waals surface area contributed by atoms with E-state index >= 15 is 0 Å². The van der Waals surface area contributed by atoms with Crippen molar-refractivity contribution in [2.24, 2.45) is 0 Å². The van der Waals surface area contributed by atoms with Gasteiger partial charge in [0.25, 0.3) is 0 Å². The van der Waals surface area contributed by atoms with E-state index in [-0.39, 0.29) is 0 Å². The van der Waals surface area contributed by atoms with Crippen LogP contribution < -0.4 is 15.4 Å². The average Bonchev–Trinajstić information content (AvgIpc) is 2.56. The molecule has 3 rings (SSSR count). The molecule has 0 saturated heterocycles. The van der Waals surface area contributed by atoms with Gasteiger partial charge in [-0.3, -0.25) is 0 Å². The predicted molar refractivity (Wildman–Crippen MR) is 97.5 cm³/mol. The number of anilines is 4. The molecule has 24 heavy (non-hydrogen) atoms. The molecule has 0 aliphatic heterocycles. The SMILES string of the molecule is COc1cccc(Nc2cc(Nc3ccc(C)cc3)nc(C)n2)c1. The summed E-state index contributed by atoms with van der Waals surface area (Å²) in [6.07, 6.45) is 0. The second-order valence-corrected chi connectivity index (χ2v) is 5.53. The van der Waals surface area contributed by atoms with E-state index in [9.17, 15) is 0 Å². The minimum atomic E-state index is 0.692. The lowest BCUT2D eigenvalue weighted by Gasteiger charge is -2.11. The van der Waals surface area contributed by atoms with Gasteiger partial charge in [-0.1, -0.05) is 23.8 Å². The Morgan fingerprint density at radius 1 is 0.792 bits per heavy atom. The highest BCUT2D eigenvalue weighted by Gasteiger charge is 2.04. The molecular formula is C19H20N4O. The van der Waals surface area contributed by atoms with E-state index in [1.54, 1.807) is 7.11 Å². The van der Waals surface area contributed by atoms with Gasteiger partial charge in [0.15, 0.2) is 0 Å². The Hall–Kier alpha value is -3.08. The van der Waals surface area contributed by atoms with Crippen molar-refractivity contribution in [3.8, 4) is 5.75 Å². The van der Waals surface area contributed by atoms with Crippen LogP contribution in [0.3, 0.4) is 0 Å². The fraction of sp³-hybridized carbons (Fsp3) is 0.158. The third-order valence-electron chi connectivity index (χ3n) is 3.50. The Balaban J connectivity index is 1.81. The number of ether oxygens (including phenoxy) is 1. The van der Waals surface area contributed by atoms with Gasteiger partial charge in [0, 0.05) is 23.5 Å². The first-order valence-electron chi connectivity index (χ1n) is 7.73. The van der Waals surface area contributed by atoms with Crippen molar-refractivity contribution in [1.82, 2.24) is 9.97 Å². The standard InChI is InChI=1S/C19H20N4O/c1-13-7-9-15(10-8-13)22-18-12-19(21-14(2)20-18)23-16-5-4-6-17(11-16)24-3/h4-12H,1-3H3,(H2,20,21,22,23). The molecular weight excluding hydrogens is 300 g/mol. The first kappa shape index (κ1) is 15.8. The molecule has 0 saturated carbocycles. The fourth-order valence-corrected chi connectivity index (χ4v) is 2.33. The lowest BCUT2D eigenvalue weighted by molar-refractivity contribution is 0.415. The number of hydrogen-bond donors (Lipinski definition) is 2. The summed E-state index contributed by atoms with van der Waals surface area (Å²) in [5.74, 6) is 2.96. The Kier molecular flexibility index (Phi) is 4.61. The van der Waals surface area contributed by atoms with Gasteiger partial charge < -0.3 is 15.4 Å². The van der Waals surface area contributed by atoms with Crippen LogP contribution in [0.25, 0.3) is 0 Å². The molecule has 0 unspecified atom stereocenters. The summed E-state index contributed by atoms with van der Waals surface area (Å²) < 4.78 is 5.24. The summed E-state index contributed by atoms with van der Waals surface area (Å²) >= 11 is 0. The number of nitrogens with zero attached hydrogens (tertiary/aromatic N) is 2. The van der Waals surface area contributed by atoms with Crippen molar-refractivity contribution in [3.05, 3.63) is 66.0 Å².